The molecule has 0 unspecified atom stereocenters. The third-order valence-electron chi connectivity index (χ3n) is 5.17. The zero-order valence-electron chi connectivity index (χ0n) is 11.5. The van der Waals surface area contributed by atoms with Gasteiger partial charge < -0.3 is 5.11 Å². The van der Waals surface area contributed by atoms with Gasteiger partial charge in [0, 0.05) is 0 Å². The summed E-state index contributed by atoms with van der Waals surface area (Å²) < 4.78 is 38.5. The Morgan fingerprint density at radius 3 is 2.29 bits per heavy atom. The van der Waals surface area contributed by atoms with Gasteiger partial charge in [0.25, 0.3) is 0 Å². The second-order valence-electron chi connectivity index (χ2n) is 6.53. The van der Waals surface area contributed by atoms with Gasteiger partial charge in [-0.05, 0) is 42.7 Å². The first-order chi connectivity index (χ1) is 9.78. The number of benzene rings is 1. The van der Waals surface area contributed by atoms with Crippen molar-refractivity contribution in [2.24, 2.45) is 5.41 Å². The van der Waals surface area contributed by atoms with E-state index >= 15 is 0 Å². The van der Waals surface area contributed by atoms with Crippen molar-refractivity contribution in [3.63, 3.8) is 0 Å². The fraction of sp³-hybridized carbons (Fsp3) is 0.562. The molecule has 0 amide bonds. The highest BCUT2D eigenvalue weighted by molar-refractivity contribution is 5.83. The van der Waals surface area contributed by atoms with Gasteiger partial charge in [-0.2, -0.15) is 13.2 Å². The van der Waals surface area contributed by atoms with E-state index in [1.165, 1.54) is 12.1 Å². The van der Waals surface area contributed by atoms with Gasteiger partial charge >= 0.3 is 12.1 Å². The Hall–Kier alpha value is -1.52. The zero-order valence-corrected chi connectivity index (χ0v) is 11.5. The van der Waals surface area contributed by atoms with E-state index in [0.29, 0.717) is 18.4 Å². The normalized spacial score (nSPS) is 23.0. The van der Waals surface area contributed by atoms with Crippen LogP contribution in [0.3, 0.4) is 0 Å². The Labute approximate surface area is 121 Å². The monoisotopic (exact) mass is 298 g/mol. The van der Waals surface area contributed by atoms with E-state index in [1.54, 1.807) is 0 Å². The molecule has 2 fully saturated rings. The van der Waals surface area contributed by atoms with E-state index in [9.17, 15) is 23.1 Å². The summed E-state index contributed by atoms with van der Waals surface area (Å²) in [6.07, 6.45) is 0.691. The predicted molar refractivity (Wildman–Crippen MR) is 70.9 cm³/mol. The molecule has 2 aliphatic carbocycles. The Morgan fingerprint density at radius 1 is 1.14 bits per heavy atom. The van der Waals surface area contributed by atoms with Crippen LogP contribution in [0, 0.1) is 5.41 Å². The minimum Gasteiger partial charge on any atom is -0.481 e. The highest BCUT2D eigenvalue weighted by Gasteiger charge is 2.60. The Morgan fingerprint density at radius 2 is 1.76 bits per heavy atom. The lowest BCUT2D eigenvalue weighted by Crippen LogP contribution is -2.53. The summed E-state index contributed by atoms with van der Waals surface area (Å²) >= 11 is 0. The van der Waals surface area contributed by atoms with Crippen LogP contribution in [0.1, 0.15) is 49.7 Å². The van der Waals surface area contributed by atoms with E-state index in [0.717, 1.165) is 37.8 Å². The van der Waals surface area contributed by atoms with Crippen LogP contribution in [-0.4, -0.2) is 11.1 Å². The molecule has 0 radical (unpaired) electrons. The van der Waals surface area contributed by atoms with Gasteiger partial charge in [0.1, 0.15) is 0 Å². The number of hydrogen-bond acceptors (Lipinski definition) is 1. The maximum Gasteiger partial charge on any atom is 0.416 e. The summed E-state index contributed by atoms with van der Waals surface area (Å²) in [7, 11) is 0. The fourth-order valence-corrected chi connectivity index (χ4v) is 4.18. The molecule has 3 rings (SSSR count). The first kappa shape index (κ1) is 14.4. The molecule has 0 atom stereocenters. The lowest BCUT2D eigenvalue weighted by molar-refractivity contribution is -0.155. The van der Waals surface area contributed by atoms with E-state index in [4.69, 9.17) is 0 Å². The van der Waals surface area contributed by atoms with Crippen LogP contribution >= 0.6 is 0 Å². The molecule has 2 aliphatic rings. The Kier molecular flexibility index (Phi) is 3.08. The van der Waals surface area contributed by atoms with Crippen LogP contribution in [-0.2, 0) is 16.4 Å². The van der Waals surface area contributed by atoms with Gasteiger partial charge in [-0.1, -0.05) is 31.0 Å². The molecule has 1 aromatic rings. The molecule has 5 heteroatoms. The Balaban J connectivity index is 1.95. The molecule has 2 nitrogen and oxygen atoms in total. The number of halogens is 3. The molecule has 0 bridgehead atoms. The number of hydrogen-bond donors (Lipinski definition) is 1. The van der Waals surface area contributed by atoms with Crippen molar-refractivity contribution in [2.75, 3.05) is 0 Å². The number of aliphatic carboxylic acids is 1. The largest absolute Gasteiger partial charge is 0.481 e. The molecular weight excluding hydrogens is 281 g/mol. The van der Waals surface area contributed by atoms with Crippen LogP contribution in [0.5, 0.6) is 0 Å². The topological polar surface area (TPSA) is 37.3 Å². The van der Waals surface area contributed by atoms with Gasteiger partial charge in [-0.15, -0.1) is 0 Å². The van der Waals surface area contributed by atoms with Crippen LogP contribution in [0.2, 0.25) is 0 Å². The SMILES string of the molecule is O=C(O)C1(c2cccc(C(F)(F)F)c2)CC2(CCCC2)C1. The van der Waals surface area contributed by atoms with Gasteiger partial charge in [-0.3, -0.25) is 4.79 Å². The number of carboxylic acid groups (broad SMARTS) is 1. The standard InChI is InChI=1S/C16H17F3O2/c17-16(18,19)12-5-3-4-11(8-12)15(13(20)21)9-14(10-15)6-1-2-7-14/h3-5,8H,1-2,6-7,9-10H2,(H,20,21). The second kappa shape index (κ2) is 4.49. The van der Waals surface area contributed by atoms with E-state index in [-0.39, 0.29) is 5.41 Å². The molecule has 1 N–H and O–H groups in total. The predicted octanol–water partition coefficient (Wildman–Crippen LogP) is 4.38. The van der Waals surface area contributed by atoms with Crippen molar-refractivity contribution in [2.45, 2.75) is 50.1 Å². The van der Waals surface area contributed by atoms with E-state index < -0.39 is 23.1 Å². The molecule has 2 saturated carbocycles. The van der Waals surface area contributed by atoms with Crippen LogP contribution in [0.15, 0.2) is 24.3 Å². The van der Waals surface area contributed by atoms with Gasteiger partial charge in [0.05, 0.1) is 11.0 Å². The van der Waals surface area contributed by atoms with Gasteiger partial charge in [0.15, 0.2) is 0 Å². The molecule has 0 aromatic heterocycles. The van der Waals surface area contributed by atoms with Crippen molar-refractivity contribution >= 4 is 5.97 Å². The van der Waals surface area contributed by atoms with Crippen molar-refractivity contribution in [1.29, 1.82) is 0 Å². The number of carboxylic acids is 1. The van der Waals surface area contributed by atoms with E-state index in [1.807, 2.05) is 0 Å². The Bertz CT molecular complexity index is 563. The summed E-state index contributed by atoms with van der Waals surface area (Å²) in [6, 6.07) is 4.83. The lowest BCUT2D eigenvalue weighted by Gasteiger charge is -2.53. The van der Waals surface area contributed by atoms with E-state index in [2.05, 4.69) is 0 Å². The van der Waals surface area contributed by atoms with Crippen LogP contribution in [0.25, 0.3) is 0 Å². The highest BCUT2D eigenvalue weighted by atomic mass is 19.4. The summed E-state index contributed by atoms with van der Waals surface area (Å²) in [4.78, 5) is 11.7. The second-order valence-corrected chi connectivity index (χ2v) is 6.53. The van der Waals surface area contributed by atoms with Gasteiger partial charge in [0.2, 0.25) is 0 Å². The molecule has 114 valence electrons. The lowest BCUT2D eigenvalue weighted by atomic mass is 9.49. The van der Waals surface area contributed by atoms with Crippen molar-refractivity contribution < 1.29 is 23.1 Å². The molecule has 0 saturated heterocycles. The average Bonchev–Trinajstić information content (AvgIpc) is 2.84. The van der Waals surface area contributed by atoms with Crippen molar-refractivity contribution in [3.05, 3.63) is 35.4 Å². The molecule has 1 spiro atoms. The first-order valence-electron chi connectivity index (χ1n) is 7.19. The van der Waals surface area contributed by atoms with Crippen molar-refractivity contribution in [1.82, 2.24) is 0 Å². The molecule has 0 heterocycles. The first-order valence-corrected chi connectivity index (χ1v) is 7.19. The maximum absolute atomic E-state index is 12.8. The smallest absolute Gasteiger partial charge is 0.416 e. The quantitative estimate of drug-likeness (QED) is 0.879. The maximum atomic E-state index is 12.8. The minimum absolute atomic E-state index is 0.0482. The average molecular weight is 298 g/mol. The van der Waals surface area contributed by atoms with Crippen molar-refractivity contribution in [3.8, 4) is 0 Å². The zero-order chi connectivity index (χ0) is 15.3. The summed E-state index contributed by atoms with van der Waals surface area (Å²) in [6.45, 7) is 0. The fourth-order valence-electron chi connectivity index (χ4n) is 4.18. The van der Waals surface area contributed by atoms with Crippen LogP contribution in [0.4, 0.5) is 13.2 Å². The minimum atomic E-state index is -4.44. The molecule has 21 heavy (non-hydrogen) atoms. The molecule has 0 aliphatic heterocycles. The van der Waals surface area contributed by atoms with Gasteiger partial charge in [-0.25, -0.2) is 0 Å². The molecular formula is C16H17F3O2. The van der Waals surface area contributed by atoms with Crippen LogP contribution < -0.4 is 0 Å². The summed E-state index contributed by atoms with van der Waals surface area (Å²) in [5.41, 5.74) is -1.56. The number of carbonyl (C=O) groups is 1. The number of alkyl halides is 3. The third-order valence-corrected chi connectivity index (χ3v) is 5.17. The summed E-state index contributed by atoms with van der Waals surface area (Å²) in [5, 5.41) is 9.59. The molecule has 1 aromatic carbocycles. The highest BCUT2D eigenvalue weighted by Crippen LogP contribution is 2.63. The third kappa shape index (κ3) is 2.23. The number of rotatable bonds is 2. The summed E-state index contributed by atoms with van der Waals surface area (Å²) in [5.74, 6) is -1.00.